The van der Waals surface area contributed by atoms with Crippen LogP contribution in [0.5, 0.6) is 0 Å². The predicted molar refractivity (Wildman–Crippen MR) is 64.3 cm³/mol. The van der Waals surface area contributed by atoms with Gasteiger partial charge in [-0.2, -0.15) is 0 Å². The lowest BCUT2D eigenvalue weighted by Crippen LogP contribution is -2.33. The van der Waals surface area contributed by atoms with Crippen molar-refractivity contribution in [1.29, 1.82) is 0 Å². The Morgan fingerprint density at radius 3 is 1.56 bits per heavy atom. The minimum atomic E-state index is 0.364. The van der Waals surface area contributed by atoms with Gasteiger partial charge in [0, 0.05) is 24.3 Å². The second-order valence-electron chi connectivity index (χ2n) is 4.66. The topological polar surface area (TPSA) is 65.2 Å². The van der Waals surface area contributed by atoms with Gasteiger partial charge in [-0.3, -0.25) is 0 Å². The first-order valence-electron chi connectivity index (χ1n) is 6.11. The van der Waals surface area contributed by atoms with Crippen molar-refractivity contribution in [1.82, 2.24) is 0 Å². The van der Waals surface area contributed by atoms with Crippen LogP contribution in [-0.4, -0.2) is 22.8 Å². The highest BCUT2D eigenvalue weighted by molar-refractivity contribution is 5.64. The van der Waals surface area contributed by atoms with Crippen LogP contribution < -0.4 is 0 Å². The van der Waals surface area contributed by atoms with E-state index < -0.39 is 0 Å². The molecule has 0 aromatic rings. The van der Waals surface area contributed by atoms with Gasteiger partial charge in [-0.25, -0.2) is 0 Å². The molecule has 0 bridgehead atoms. The Hall–Kier alpha value is -1.06. The van der Waals surface area contributed by atoms with E-state index in [1.54, 1.807) is 12.4 Å². The molecule has 1 saturated carbocycles. The molecule has 4 nitrogen and oxygen atoms in total. The molecule has 0 aromatic heterocycles. The Bertz CT molecular complexity index is 227. The van der Waals surface area contributed by atoms with Crippen LogP contribution in [0.4, 0.5) is 0 Å². The SMILES string of the molecule is CCC1CC(/C=N/O)C(CC)CC1/C=N\O. The molecule has 0 radical (unpaired) electrons. The quantitative estimate of drug-likeness (QED) is 0.439. The van der Waals surface area contributed by atoms with Crippen LogP contribution in [0.1, 0.15) is 39.5 Å². The third kappa shape index (κ3) is 2.97. The number of oxime groups is 2. The van der Waals surface area contributed by atoms with Crippen LogP contribution in [0.25, 0.3) is 0 Å². The van der Waals surface area contributed by atoms with E-state index in [4.69, 9.17) is 10.4 Å². The zero-order chi connectivity index (χ0) is 12.0. The maximum absolute atomic E-state index is 8.66. The molecule has 0 aliphatic heterocycles. The monoisotopic (exact) mass is 226 g/mol. The van der Waals surface area contributed by atoms with Crippen molar-refractivity contribution < 1.29 is 10.4 Å². The van der Waals surface area contributed by atoms with Gasteiger partial charge in [0.25, 0.3) is 0 Å². The highest BCUT2D eigenvalue weighted by Crippen LogP contribution is 2.39. The molecule has 16 heavy (non-hydrogen) atoms. The largest absolute Gasteiger partial charge is 0.411 e. The van der Waals surface area contributed by atoms with Gasteiger partial charge in [-0.15, -0.1) is 10.3 Å². The summed E-state index contributed by atoms with van der Waals surface area (Å²) in [6.45, 7) is 4.31. The highest BCUT2D eigenvalue weighted by Gasteiger charge is 2.34. The van der Waals surface area contributed by atoms with Crippen molar-refractivity contribution in [2.45, 2.75) is 39.5 Å². The van der Waals surface area contributed by atoms with E-state index in [1.807, 2.05) is 0 Å². The number of hydrogen-bond donors (Lipinski definition) is 2. The Labute approximate surface area is 97.0 Å². The summed E-state index contributed by atoms with van der Waals surface area (Å²) >= 11 is 0. The fraction of sp³-hybridized carbons (Fsp3) is 0.833. The number of nitrogens with zero attached hydrogens (tertiary/aromatic N) is 2. The Morgan fingerprint density at radius 2 is 1.31 bits per heavy atom. The Morgan fingerprint density at radius 1 is 0.938 bits per heavy atom. The summed E-state index contributed by atoms with van der Waals surface area (Å²) in [5.41, 5.74) is 0. The molecule has 0 heterocycles. The Balaban J connectivity index is 2.74. The fourth-order valence-electron chi connectivity index (χ4n) is 2.91. The molecule has 1 fully saturated rings. The summed E-state index contributed by atoms with van der Waals surface area (Å²) < 4.78 is 0. The molecule has 1 rings (SSSR count). The number of rotatable bonds is 4. The van der Waals surface area contributed by atoms with Crippen molar-refractivity contribution in [3.63, 3.8) is 0 Å². The zero-order valence-corrected chi connectivity index (χ0v) is 10.1. The molecule has 92 valence electrons. The van der Waals surface area contributed by atoms with Crippen LogP contribution in [0, 0.1) is 23.7 Å². The summed E-state index contributed by atoms with van der Waals surface area (Å²) in [6, 6.07) is 0. The standard InChI is InChI=1S/C12H22N2O2/c1-3-9-5-12(8-14-16)10(4-2)6-11(9)7-13-15/h7-12,15-16H,3-6H2,1-2H3/b13-7-,14-8+. The van der Waals surface area contributed by atoms with Gasteiger partial charge < -0.3 is 10.4 Å². The molecule has 0 amide bonds. The number of hydrogen-bond acceptors (Lipinski definition) is 4. The maximum atomic E-state index is 8.66. The molecule has 4 unspecified atom stereocenters. The summed E-state index contributed by atoms with van der Waals surface area (Å²) in [5, 5.41) is 23.7. The molecule has 1 aliphatic carbocycles. The van der Waals surface area contributed by atoms with Gasteiger partial charge in [0.15, 0.2) is 0 Å². The highest BCUT2D eigenvalue weighted by atomic mass is 16.4. The third-order valence-corrected chi connectivity index (χ3v) is 3.93. The van der Waals surface area contributed by atoms with Gasteiger partial charge in [-0.05, 0) is 24.7 Å². The van der Waals surface area contributed by atoms with E-state index in [0.717, 1.165) is 25.7 Å². The van der Waals surface area contributed by atoms with E-state index in [0.29, 0.717) is 23.7 Å². The van der Waals surface area contributed by atoms with Gasteiger partial charge in [0.05, 0.1) is 0 Å². The lowest BCUT2D eigenvalue weighted by Gasteiger charge is -2.37. The lowest BCUT2D eigenvalue weighted by molar-refractivity contribution is 0.181. The first-order valence-corrected chi connectivity index (χ1v) is 6.11. The van der Waals surface area contributed by atoms with E-state index >= 15 is 0 Å². The van der Waals surface area contributed by atoms with E-state index in [9.17, 15) is 0 Å². The summed E-state index contributed by atoms with van der Waals surface area (Å²) in [6.07, 6.45) is 7.53. The van der Waals surface area contributed by atoms with Gasteiger partial charge in [-0.1, -0.05) is 26.7 Å². The van der Waals surface area contributed by atoms with Crippen molar-refractivity contribution in [2.24, 2.45) is 34.0 Å². The average Bonchev–Trinajstić information content (AvgIpc) is 2.31. The van der Waals surface area contributed by atoms with Crippen LogP contribution in [0.15, 0.2) is 10.3 Å². The second-order valence-corrected chi connectivity index (χ2v) is 4.66. The molecule has 1 aliphatic rings. The maximum Gasteiger partial charge on any atom is 0.0469 e. The molecule has 0 spiro atoms. The predicted octanol–water partition coefficient (Wildman–Crippen LogP) is 2.99. The molecule has 4 heteroatoms. The normalized spacial score (nSPS) is 36.1. The second kappa shape index (κ2) is 6.51. The summed E-state index contributed by atoms with van der Waals surface area (Å²) in [7, 11) is 0. The molecule has 0 aromatic carbocycles. The summed E-state index contributed by atoms with van der Waals surface area (Å²) in [5.74, 6) is 1.79. The molecule has 0 saturated heterocycles. The van der Waals surface area contributed by atoms with E-state index in [2.05, 4.69) is 24.2 Å². The molecule has 2 N–H and O–H groups in total. The van der Waals surface area contributed by atoms with Crippen LogP contribution >= 0.6 is 0 Å². The first-order chi connectivity index (χ1) is 7.76. The van der Waals surface area contributed by atoms with E-state index in [-0.39, 0.29) is 0 Å². The first kappa shape index (κ1) is 13.0. The molecule has 4 atom stereocenters. The van der Waals surface area contributed by atoms with Crippen molar-refractivity contribution in [3.05, 3.63) is 0 Å². The van der Waals surface area contributed by atoms with Crippen LogP contribution in [0.3, 0.4) is 0 Å². The average molecular weight is 226 g/mol. The minimum Gasteiger partial charge on any atom is -0.411 e. The smallest absolute Gasteiger partial charge is 0.0469 e. The zero-order valence-electron chi connectivity index (χ0n) is 10.1. The fourth-order valence-corrected chi connectivity index (χ4v) is 2.91. The van der Waals surface area contributed by atoms with Crippen LogP contribution in [-0.2, 0) is 0 Å². The lowest BCUT2D eigenvalue weighted by atomic mass is 9.67. The van der Waals surface area contributed by atoms with Gasteiger partial charge in [0.2, 0.25) is 0 Å². The molecular formula is C12H22N2O2. The van der Waals surface area contributed by atoms with Crippen LogP contribution in [0.2, 0.25) is 0 Å². The van der Waals surface area contributed by atoms with Gasteiger partial charge >= 0.3 is 0 Å². The van der Waals surface area contributed by atoms with Crippen molar-refractivity contribution >= 4 is 12.4 Å². The summed E-state index contributed by atoms with van der Waals surface area (Å²) in [4.78, 5) is 0. The molecular weight excluding hydrogens is 204 g/mol. The van der Waals surface area contributed by atoms with E-state index in [1.165, 1.54) is 0 Å². The minimum absolute atomic E-state index is 0.364. The van der Waals surface area contributed by atoms with Crippen molar-refractivity contribution in [2.75, 3.05) is 0 Å². The van der Waals surface area contributed by atoms with Crippen molar-refractivity contribution in [3.8, 4) is 0 Å². The van der Waals surface area contributed by atoms with Gasteiger partial charge in [0.1, 0.15) is 0 Å². The third-order valence-electron chi connectivity index (χ3n) is 3.93. The Kier molecular flexibility index (Phi) is 5.29.